The Balaban J connectivity index is 2.70. The second-order valence-electron chi connectivity index (χ2n) is 5.23. The molecule has 0 fully saturated rings. The molecule has 0 bridgehead atoms. The van der Waals surface area contributed by atoms with Gasteiger partial charge in [-0.3, -0.25) is 4.98 Å². The summed E-state index contributed by atoms with van der Waals surface area (Å²) in [6.07, 6.45) is 1.77. The molecule has 1 heterocycles. The minimum absolute atomic E-state index is 0.331. The largest absolute Gasteiger partial charge is 0.478 e. The maximum absolute atomic E-state index is 11.3. The van der Waals surface area contributed by atoms with Crippen molar-refractivity contribution in [3.05, 3.63) is 41.1 Å². The maximum Gasteiger partial charge on any atom is 0.336 e. The van der Waals surface area contributed by atoms with Crippen molar-refractivity contribution in [1.82, 2.24) is 4.98 Å². The average Bonchev–Trinajstić information content (AvgIpc) is 2.37. The van der Waals surface area contributed by atoms with Crippen LogP contribution in [0.4, 0.5) is 0 Å². The molecule has 0 atom stereocenters. The van der Waals surface area contributed by atoms with Crippen molar-refractivity contribution < 1.29 is 9.90 Å². The Hall–Kier alpha value is -1.90. The summed E-state index contributed by atoms with van der Waals surface area (Å²) in [5.41, 5.74) is 3.30. The van der Waals surface area contributed by atoms with Gasteiger partial charge in [0, 0.05) is 11.1 Å². The Morgan fingerprint density at radius 2 is 2.00 bits per heavy atom. The van der Waals surface area contributed by atoms with Crippen LogP contribution in [-0.4, -0.2) is 16.1 Å². The van der Waals surface area contributed by atoms with Gasteiger partial charge in [-0.2, -0.15) is 0 Å². The summed E-state index contributed by atoms with van der Waals surface area (Å²) >= 11 is 0. The van der Waals surface area contributed by atoms with Gasteiger partial charge < -0.3 is 5.11 Å². The van der Waals surface area contributed by atoms with E-state index in [1.54, 1.807) is 6.07 Å². The fraction of sp³-hybridized carbons (Fsp3) is 0.375. The van der Waals surface area contributed by atoms with Crippen molar-refractivity contribution >= 4 is 16.9 Å². The number of pyridine rings is 1. The van der Waals surface area contributed by atoms with Crippen molar-refractivity contribution in [1.29, 1.82) is 0 Å². The van der Waals surface area contributed by atoms with Gasteiger partial charge >= 0.3 is 5.97 Å². The number of nitrogens with zero attached hydrogens (tertiary/aromatic N) is 1. The molecule has 0 saturated heterocycles. The van der Waals surface area contributed by atoms with Crippen LogP contribution in [0.3, 0.4) is 0 Å². The Labute approximate surface area is 113 Å². The number of aryl methyl sites for hydroxylation is 1. The highest BCUT2D eigenvalue weighted by Gasteiger charge is 2.13. The molecule has 2 aromatic rings. The number of benzene rings is 1. The average molecular weight is 257 g/mol. The number of fused-ring (bicyclic) bond motifs is 1. The third kappa shape index (κ3) is 2.75. The molecular formula is C16H19NO2. The van der Waals surface area contributed by atoms with Crippen LogP contribution in [0.15, 0.2) is 24.3 Å². The first kappa shape index (κ1) is 13.5. The van der Waals surface area contributed by atoms with E-state index in [0.29, 0.717) is 11.5 Å². The van der Waals surface area contributed by atoms with E-state index in [1.807, 2.05) is 18.2 Å². The summed E-state index contributed by atoms with van der Waals surface area (Å²) in [6, 6.07) is 7.39. The van der Waals surface area contributed by atoms with Gasteiger partial charge in [-0.1, -0.05) is 32.9 Å². The lowest BCUT2D eigenvalue weighted by atomic mass is 9.97. The molecule has 0 saturated carbocycles. The molecular weight excluding hydrogens is 238 g/mol. The molecule has 0 radical (unpaired) electrons. The predicted octanol–water partition coefficient (Wildman–Crippen LogP) is 3.69. The standard InChI is InChI=1S/C16H19NO2/c1-4-12-6-8-13-14(16(18)19)7-5-11(9-10(2)3)15(13)17-12/h5-8,10H,4,9H2,1-3H3,(H,18,19). The van der Waals surface area contributed by atoms with Gasteiger partial charge in [0.1, 0.15) is 0 Å². The smallest absolute Gasteiger partial charge is 0.336 e. The van der Waals surface area contributed by atoms with Gasteiger partial charge in [0.05, 0.1) is 11.1 Å². The summed E-state index contributed by atoms with van der Waals surface area (Å²) in [5, 5.41) is 9.99. The summed E-state index contributed by atoms with van der Waals surface area (Å²) < 4.78 is 0. The van der Waals surface area contributed by atoms with Crippen molar-refractivity contribution in [2.75, 3.05) is 0 Å². The van der Waals surface area contributed by atoms with Crippen LogP contribution in [0.2, 0.25) is 0 Å². The van der Waals surface area contributed by atoms with E-state index in [4.69, 9.17) is 0 Å². The third-order valence-electron chi connectivity index (χ3n) is 3.22. The molecule has 2 rings (SSSR count). The maximum atomic E-state index is 11.3. The number of hydrogen-bond acceptors (Lipinski definition) is 2. The molecule has 1 N–H and O–H groups in total. The minimum Gasteiger partial charge on any atom is -0.478 e. The van der Waals surface area contributed by atoms with Gasteiger partial charge in [0.15, 0.2) is 0 Å². The van der Waals surface area contributed by atoms with Crippen molar-refractivity contribution in [3.63, 3.8) is 0 Å². The Morgan fingerprint density at radius 3 is 2.58 bits per heavy atom. The zero-order chi connectivity index (χ0) is 14.0. The molecule has 3 nitrogen and oxygen atoms in total. The Morgan fingerprint density at radius 1 is 1.26 bits per heavy atom. The number of carbonyl (C=O) groups is 1. The Kier molecular flexibility index (Phi) is 3.84. The molecule has 0 aliphatic rings. The first-order valence-corrected chi connectivity index (χ1v) is 6.67. The van der Waals surface area contributed by atoms with E-state index >= 15 is 0 Å². The molecule has 19 heavy (non-hydrogen) atoms. The van der Waals surface area contributed by atoms with E-state index in [2.05, 4.69) is 25.8 Å². The predicted molar refractivity (Wildman–Crippen MR) is 76.6 cm³/mol. The quantitative estimate of drug-likeness (QED) is 0.908. The number of aromatic nitrogens is 1. The van der Waals surface area contributed by atoms with Crippen LogP contribution in [0.25, 0.3) is 10.9 Å². The van der Waals surface area contributed by atoms with Crippen molar-refractivity contribution in [2.24, 2.45) is 5.92 Å². The number of carboxylic acids is 1. The van der Waals surface area contributed by atoms with Gasteiger partial charge in [-0.05, 0) is 36.5 Å². The zero-order valence-corrected chi connectivity index (χ0v) is 11.6. The summed E-state index contributed by atoms with van der Waals surface area (Å²) in [5.74, 6) is -0.377. The molecule has 3 heteroatoms. The van der Waals surface area contributed by atoms with Gasteiger partial charge in [-0.25, -0.2) is 4.79 Å². The van der Waals surface area contributed by atoms with E-state index in [9.17, 15) is 9.90 Å². The molecule has 0 spiro atoms. The molecule has 0 amide bonds. The van der Waals surface area contributed by atoms with E-state index in [1.165, 1.54) is 0 Å². The summed E-state index contributed by atoms with van der Waals surface area (Å²) in [7, 11) is 0. The zero-order valence-electron chi connectivity index (χ0n) is 11.6. The summed E-state index contributed by atoms with van der Waals surface area (Å²) in [6.45, 7) is 6.36. The SMILES string of the molecule is CCc1ccc2c(C(=O)O)ccc(CC(C)C)c2n1. The van der Waals surface area contributed by atoms with Crippen molar-refractivity contribution in [3.8, 4) is 0 Å². The molecule has 100 valence electrons. The molecule has 0 aliphatic heterocycles. The molecule has 1 aromatic heterocycles. The molecule has 0 aliphatic carbocycles. The number of rotatable bonds is 4. The summed E-state index contributed by atoms with van der Waals surface area (Å²) in [4.78, 5) is 15.9. The van der Waals surface area contributed by atoms with E-state index in [-0.39, 0.29) is 0 Å². The van der Waals surface area contributed by atoms with E-state index < -0.39 is 5.97 Å². The lowest BCUT2D eigenvalue weighted by molar-refractivity contribution is 0.0699. The van der Waals surface area contributed by atoms with Gasteiger partial charge in [0.25, 0.3) is 0 Å². The highest BCUT2D eigenvalue weighted by atomic mass is 16.4. The lowest BCUT2D eigenvalue weighted by Gasteiger charge is -2.11. The monoisotopic (exact) mass is 257 g/mol. The molecule has 0 unspecified atom stereocenters. The topological polar surface area (TPSA) is 50.2 Å². The number of aromatic carboxylic acids is 1. The number of hydrogen-bond donors (Lipinski definition) is 1. The number of carboxylic acid groups (broad SMARTS) is 1. The second-order valence-corrected chi connectivity index (χ2v) is 5.23. The van der Waals surface area contributed by atoms with Crippen LogP contribution in [0.5, 0.6) is 0 Å². The molecule has 1 aromatic carbocycles. The van der Waals surface area contributed by atoms with Crippen LogP contribution >= 0.6 is 0 Å². The highest BCUT2D eigenvalue weighted by molar-refractivity contribution is 6.03. The first-order chi connectivity index (χ1) is 9.02. The minimum atomic E-state index is -0.896. The fourth-order valence-electron chi connectivity index (χ4n) is 2.30. The van der Waals surface area contributed by atoms with E-state index in [0.717, 1.165) is 35.0 Å². The van der Waals surface area contributed by atoms with Crippen LogP contribution in [-0.2, 0) is 12.8 Å². The Bertz CT molecular complexity index is 617. The van der Waals surface area contributed by atoms with Crippen molar-refractivity contribution in [2.45, 2.75) is 33.6 Å². The fourth-order valence-corrected chi connectivity index (χ4v) is 2.30. The van der Waals surface area contributed by atoms with Crippen LogP contribution in [0, 0.1) is 5.92 Å². The first-order valence-electron chi connectivity index (χ1n) is 6.67. The van der Waals surface area contributed by atoms with Gasteiger partial charge in [-0.15, -0.1) is 0 Å². The highest BCUT2D eigenvalue weighted by Crippen LogP contribution is 2.24. The normalized spacial score (nSPS) is 11.2. The van der Waals surface area contributed by atoms with Gasteiger partial charge in [0.2, 0.25) is 0 Å². The second kappa shape index (κ2) is 5.39. The van der Waals surface area contributed by atoms with Crippen LogP contribution < -0.4 is 0 Å². The lowest BCUT2D eigenvalue weighted by Crippen LogP contribution is -2.03. The third-order valence-corrected chi connectivity index (χ3v) is 3.22. The van der Waals surface area contributed by atoms with Crippen LogP contribution in [0.1, 0.15) is 42.4 Å².